The van der Waals surface area contributed by atoms with Gasteiger partial charge in [0.15, 0.2) is 0 Å². The van der Waals surface area contributed by atoms with E-state index in [1.165, 1.54) is 0 Å². The second kappa shape index (κ2) is 10.8. The van der Waals surface area contributed by atoms with E-state index in [1.54, 1.807) is 7.11 Å². The average molecular weight is 572 g/mol. The lowest BCUT2D eigenvalue weighted by atomic mass is 9.76. The number of halogens is 1. The third-order valence-corrected chi connectivity index (χ3v) is 7.88. The second-order valence-electron chi connectivity index (χ2n) is 9.33. The minimum atomic E-state index is -0.755. The molecule has 0 saturated heterocycles. The Morgan fingerprint density at radius 3 is 1.44 bits per heavy atom. The Hall–Kier alpha value is -4.41. The first kappa shape index (κ1) is 24.9. The predicted octanol–water partition coefficient (Wildman–Crippen LogP) is 8.83. The van der Waals surface area contributed by atoms with Crippen molar-refractivity contribution in [1.82, 2.24) is 9.78 Å². The first-order valence-corrected chi connectivity index (χ1v) is 13.7. The van der Waals surface area contributed by atoms with Gasteiger partial charge in [-0.15, -0.1) is 0 Å². The van der Waals surface area contributed by atoms with E-state index in [2.05, 4.69) is 136 Å². The van der Waals surface area contributed by atoms with Gasteiger partial charge in [0.1, 0.15) is 17.0 Å². The Morgan fingerprint density at radius 1 is 0.564 bits per heavy atom. The van der Waals surface area contributed by atoms with Crippen molar-refractivity contribution >= 4 is 15.9 Å². The van der Waals surface area contributed by atoms with Crippen LogP contribution in [0.1, 0.15) is 16.7 Å². The summed E-state index contributed by atoms with van der Waals surface area (Å²) in [7, 11) is 1.69. The zero-order chi connectivity index (χ0) is 26.7. The number of nitrogens with zero attached hydrogens (tertiary/aromatic N) is 2. The van der Waals surface area contributed by atoms with Gasteiger partial charge >= 0.3 is 0 Å². The van der Waals surface area contributed by atoms with Gasteiger partial charge in [0, 0.05) is 11.1 Å². The monoisotopic (exact) mass is 570 g/mol. The number of ether oxygens (including phenoxy) is 1. The maximum absolute atomic E-state index is 5.48. The van der Waals surface area contributed by atoms with Gasteiger partial charge < -0.3 is 4.74 Å². The topological polar surface area (TPSA) is 27.1 Å². The van der Waals surface area contributed by atoms with Crippen LogP contribution in [0.25, 0.3) is 22.5 Å². The quantitative estimate of drug-likeness (QED) is 0.179. The molecule has 5 aromatic carbocycles. The van der Waals surface area contributed by atoms with Gasteiger partial charge in [0.25, 0.3) is 0 Å². The molecule has 3 nitrogen and oxygen atoms in total. The fourth-order valence-electron chi connectivity index (χ4n) is 5.33. The number of rotatable bonds is 7. The van der Waals surface area contributed by atoms with Crippen molar-refractivity contribution in [3.63, 3.8) is 0 Å². The number of benzene rings is 5. The standard InChI is InChI=1S/C35H27BrN2O/c1-39-31-24-22-27(23-25-31)34-32(36)33(26-14-6-2-7-15-26)37-38(34)35(28-16-8-3-9-17-28,29-18-10-4-11-19-29)30-20-12-5-13-21-30/h2-25H,1H3. The Balaban J connectivity index is 1.78. The molecule has 0 spiro atoms. The maximum Gasteiger partial charge on any atom is 0.138 e. The third kappa shape index (κ3) is 4.37. The summed E-state index contributed by atoms with van der Waals surface area (Å²) in [6, 6.07) is 50.4. The summed E-state index contributed by atoms with van der Waals surface area (Å²) in [5.74, 6) is 0.810. The summed E-state index contributed by atoms with van der Waals surface area (Å²) in [6.45, 7) is 0. The van der Waals surface area contributed by atoms with Crippen LogP contribution < -0.4 is 4.74 Å². The minimum absolute atomic E-state index is 0.755. The van der Waals surface area contributed by atoms with Gasteiger partial charge in [0.05, 0.1) is 17.3 Å². The molecule has 6 rings (SSSR count). The predicted molar refractivity (Wildman–Crippen MR) is 162 cm³/mol. The lowest BCUT2D eigenvalue weighted by Crippen LogP contribution is -2.39. The highest BCUT2D eigenvalue weighted by Crippen LogP contribution is 2.47. The zero-order valence-corrected chi connectivity index (χ0v) is 23.1. The SMILES string of the molecule is COc1ccc(-c2c(Br)c(-c3ccccc3)nn2C(c2ccccc2)(c2ccccc2)c2ccccc2)cc1. The molecule has 190 valence electrons. The van der Waals surface area contributed by atoms with E-state index in [0.29, 0.717) is 0 Å². The van der Waals surface area contributed by atoms with E-state index in [1.807, 2.05) is 30.3 Å². The van der Waals surface area contributed by atoms with Crippen LogP contribution in [-0.2, 0) is 5.54 Å². The minimum Gasteiger partial charge on any atom is -0.497 e. The van der Waals surface area contributed by atoms with Crippen LogP contribution in [0.2, 0.25) is 0 Å². The second-order valence-corrected chi connectivity index (χ2v) is 10.1. The van der Waals surface area contributed by atoms with Crippen LogP contribution in [0, 0.1) is 0 Å². The highest BCUT2D eigenvalue weighted by atomic mass is 79.9. The molecule has 0 atom stereocenters. The van der Waals surface area contributed by atoms with Gasteiger partial charge in [-0.25, -0.2) is 4.68 Å². The molecule has 4 heteroatoms. The highest BCUT2D eigenvalue weighted by molar-refractivity contribution is 9.10. The summed E-state index contributed by atoms with van der Waals surface area (Å²) >= 11 is 4.01. The largest absolute Gasteiger partial charge is 0.497 e. The molecule has 0 radical (unpaired) electrons. The molecular formula is C35H27BrN2O. The Bertz CT molecular complexity index is 1570. The van der Waals surface area contributed by atoms with Gasteiger partial charge in [-0.3, -0.25) is 0 Å². The molecule has 6 aromatic rings. The average Bonchev–Trinajstić information content (AvgIpc) is 3.36. The molecule has 0 bridgehead atoms. The first-order valence-electron chi connectivity index (χ1n) is 12.9. The van der Waals surface area contributed by atoms with Crippen LogP contribution in [0.15, 0.2) is 150 Å². The molecule has 0 saturated carbocycles. The van der Waals surface area contributed by atoms with Crippen molar-refractivity contribution < 1.29 is 4.74 Å². The molecule has 0 fully saturated rings. The van der Waals surface area contributed by atoms with E-state index in [0.717, 1.165) is 49.4 Å². The van der Waals surface area contributed by atoms with E-state index in [9.17, 15) is 0 Å². The van der Waals surface area contributed by atoms with Crippen molar-refractivity contribution in [2.24, 2.45) is 0 Å². The van der Waals surface area contributed by atoms with Crippen LogP contribution in [-0.4, -0.2) is 16.9 Å². The van der Waals surface area contributed by atoms with E-state index in [-0.39, 0.29) is 0 Å². The van der Waals surface area contributed by atoms with Crippen molar-refractivity contribution in [2.75, 3.05) is 7.11 Å². The van der Waals surface area contributed by atoms with Gasteiger partial charge in [0.2, 0.25) is 0 Å². The van der Waals surface area contributed by atoms with Crippen molar-refractivity contribution in [2.45, 2.75) is 5.54 Å². The summed E-state index contributed by atoms with van der Waals surface area (Å²) in [4.78, 5) is 0. The van der Waals surface area contributed by atoms with Gasteiger partial charge in [-0.1, -0.05) is 121 Å². The molecule has 1 heterocycles. The Kier molecular flexibility index (Phi) is 6.87. The molecule has 0 aliphatic heterocycles. The third-order valence-electron chi connectivity index (χ3n) is 7.13. The number of hydrogen-bond donors (Lipinski definition) is 0. The molecule has 0 unspecified atom stereocenters. The van der Waals surface area contributed by atoms with E-state index in [4.69, 9.17) is 9.84 Å². The lowest BCUT2D eigenvalue weighted by Gasteiger charge is -2.37. The van der Waals surface area contributed by atoms with Gasteiger partial charge in [-0.05, 0) is 56.9 Å². The fraction of sp³-hybridized carbons (Fsp3) is 0.0571. The molecule has 0 aliphatic rings. The van der Waals surface area contributed by atoms with Crippen molar-refractivity contribution in [3.05, 3.63) is 167 Å². The number of hydrogen-bond acceptors (Lipinski definition) is 2. The van der Waals surface area contributed by atoms with Gasteiger partial charge in [-0.2, -0.15) is 5.10 Å². The van der Waals surface area contributed by atoms with E-state index < -0.39 is 5.54 Å². The summed E-state index contributed by atoms with van der Waals surface area (Å²) in [5.41, 5.74) is 6.53. The summed E-state index contributed by atoms with van der Waals surface area (Å²) in [5, 5.41) is 5.44. The molecule has 0 aliphatic carbocycles. The zero-order valence-electron chi connectivity index (χ0n) is 21.5. The number of aromatic nitrogens is 2. The number of methoxy groups -OCH3 is 1. The van der Waals surface area contributed by atoms with Crippen LogP contribution in [0.4, 0.5) is 0 Å². The Morgan fingerprint density at radius 2 is 1.00 bits per heavy atom. The van der Waals surface area contributed by atoms with Crippen LogP contribution in [0.5, 0.6) is 5.75 Å². The van der Waals surface area contributed by atoms with Crippen LogP contribution >= 0.6 is 15.9 Å². The summed E-state index contributed by atoms with van der Waals surface area (Å²) < 4.78 is 8.61. The lowest BCUT2D eigenvalue weighted by molar-refractivity contribution is 0.415. The molecular weight excluding hydrogens is 544 g/mol. The van der Waals surface area contributed by atoms with Crippen molar-refractivity contribution in [1.29, 1.82) is 0 Å². The Labute approximate surface area is 237 Å². The first-order chi connectivity index (χ1) is 19.2. The highest BCUT2D eigenvalue weighted by Gasteiger charge is 2.42. The van der Waals surface area contributed by atoms with Crippen LogP contribution in [0.3, 0.4) is 0 Å². The molecule has 1 aromatic heterocycles. The molecule has 0 amide bonds. The maximum atomic E-state index is 5.48. The molecule has 39 heavy (non-hydrogen) atoms. The smallest absolute Gasteiger partial charge is 0.138 e. The van der Waals surface area contributed by atoms with Crippen molar-refractivity contribution in [3.8, 4) is 28.3 Å². The van der Waals surface area contributed by atoms with E-state index >= 15 is 0 Å². The molecule has 0 N–H and O–H groups in total. The summed E-state index contributed by atoms with van der Waals surface area (Å²) in [6.07, 6.45) is 0. The fourth-order valence-corrected chi connectivity index (χ4v) is 6.03. The normalized spacial score (nSPS) is 11.3.